The first kappa shape index (κ1) is 8.83. The van der Waals surface area contributed by atoms with Gasteiger partial charge in [-0.25, -0.2) is 0 Å². The van der Waals surface area contributed by atoms with Crippen LogP contribution in [0.2, 0.25) is 0 Å². The fourth-order valence-corrected chi connectivity index (χ4v) is 2.01. The van der Waals surface area contributed by atoms with Crippen LogP contribution in [0.1, 0.15) is 47.0 Å². The standard InChI is InChI=1S/C11H20/c1-5-7-11(4)9-6-8-10(11,2)3/h6,9H,5,7-8H2,1-4H3/t11-/m0/s1. The van der Waals surface area contributed by atoms with Crippen LogP contribution in [-0.4, -0.2) is 0 Å². The molecule has 0 unspecified atom stereocenters. The minimum absolute atomic E-state index is 0.460. The van der Waals surface area contributed by atoms with Crippen LogP contribution in [0, 0.1) is 10.8 Å². The lowest BCUT2D eigenvalue weighted by Gasteiger charge is -2.37. The van der Waals surface area contributed by atoms with Crippen LogP contribution >= 0.6 is 0 Å². The zero-order chi connectivity index (χ0) is 8.54. The van der Waals surface area contributed by atoms with E-state index in [9.17, 15) is 0 Å². The van der Waals surface area contributed by atoms with Gasteiger partial charge in [-0.2, -0.15) is 0 Å². The second-order valence-electron chi connectivity index (χ2n) is 4.66. The van der Waals surface area contributed by atoms with E-state index in [4.69, 9.17) is 0 Å². The lowest BCUT2D eigenvalue weighted by molar-refractivity contribution is 0.153. The molecule has 0 N–H and O–H groups in total. The van der Waals surface area contributed by atoms with Gasteiger partial charge in [0.15, 0.2) is 0 Å². The normalized spacial score (nSPS) is 34.5. The maximum absolute atomic E-state index is 2.41. The molecular formula is C11H20. The van der Waals surface area contributed by atoms with Crippen molar-refractivity contribution in [1.29, 1.82) is 0 Å². The van der Waals surface area contributed by atoms with Gasteiger partial charge < -0.3 is 0 Å². The first-order valence-corrected chi connectivity index (χ1v) is 4.69. The summed E-state index contributed by atoms with van der Waals surface area (Å²) in [6, 6.07) is 0. The van der Waals surface area contributed by atoms with Crippen molar-refractivity contribution in [3.63, 3.8) is 0 Å². The van der Waals surface area contributed by atoms with Crippen LogP contribution in [0.3, 0.4) is 0 Å². The number of rotatable bonds is 2. The molecule has 0 saturated heterocycles. The maximum atomic E-state index is 2.41. The Labute approximate surface area is 70.7 Å². The predicted molar refractivity (Wildman–Crippen MR) is 50.6 cm³/mol. The quantitative estimate of drug-likeness (QED) is 0.528. The average molecular weight is 152 g/mol. The summed E-state index contributed by atoms with van der Waals surface area (Å²) < 4.78 is 0. The van der Waals surface area contributed by atoms with Crippen LogP contribution in [0.25, 0.3) is 0 Å². The fourth-order valence-electron chi connectivity index (χ4n) is 2.01. The molecule has 0 heterocycles. The molecule has 0 amide bonds. The highest BCUT2D eigenvalue weighted by atomic mass is 14.4. The van der Waals surface area contributed by atoms with E-state index in [-0.39, 0.29) is 0 Å². The number of hydrogen-bond donors (Lipinski definition) is 0. The molecule has 0 aliphatic heterocycles. The van der Waals surface area contributed by atoms with Gasteiger partial charge >= 0.3 is 0 Å². The minimum Gasteiger partial charge on any atom is -0.0874 e. The van der Waals surface area contributed by atoms with E-state index in [1.54, 1.807) is 0 Å². The molecule has 0 aromatic carbocycles. The molecular weight excluding hydrogens is 132 g/mol. The zero-order valence-electron chi connectivity index (χ0n) is 8.28. The van der Waals surface area contributed by atoms with Crippen LogP contribution in [0.5, 0.6) is 0 Å². The monoisotopic (exact) mass is 152 g/mol. The lowest BCUT2D eigenvalue weighted by Crippen LogP contribution is -2.29. The smallest absolute Gasteiger partial charge is 0.00925 e. The van der Waals surface area contributed by atoms with Crippen LogP contribution < -0.4 is 0 Å². The average Bonchev–Trinajstić information content (AvgIpc) is 2.09. The maximum Gasteiger partial charge on any atom is -0.00925 e. The summed E-state index contributed by atoms with van der Waals surface area (Å²) in [6.07, 6.45) is 8.64. The minimum atomic E-state index is 0.460. The molecule has 0 aromatic heterocycles. The molecule has 64 valence electrons. The van der Waals surface area contributed by atoms with Crippen molar-refractivity contribution in [2.24, 2.45) is 10.8 Å². The molecule has 1 aliphatic carbocycles. The van der Waals surface area contributed by atoms with Crippen molar-refractivity contribution in [2.75, 3.05) is 0 Å². The summed E-state index contributed by atoms with van der Waals surface area (Å²) in [6.45, 7) is 9.42. The SMILES string of the molecule is CCC[C@@]1(C)C=CCC1(C)C. The Morgan fingerprint density at radius 3 is 2.27 bits per heavy atom. The Bertz CT molecular complexity index is 165. The predicted octanol–water partition coefficient (Wildman–Crippen LogP) is 3.78. The summed E-state index contributed by atoms with van der Waals surface area (Å²) in [5.74, 6) is 0. The molecule has 11 heavy (non-hydrogen) atoms. The van der Waals surface area contributed by atoms with E-state index in [0.29, 0.717) is 10.8 Å². The Kier molecular flexibility index (Phi) is 2.13. The number of allylic oxidation sites excluding steroid dienone is 2. The lowest BCUT2D eigenvalue weighted by atomic mass is 9.67. The molecule has 1 rings (SSSR count). The van der Waals surface area contributed by atoms with E-state index in [2.05, 4.69) is 39.8 Å². The van der Waals surface area contributed by atoms with Crippen LogP contribution in [0.4, 0.5) is 0 Å². The summed E-state index contributed by atoms with van der Waals surface area (Å²) in [5.41, 5.74) is 0.949. The Balaban J connectivity index is 2.75. The largest absolute Gasteiger partial charge is 0.0874 e. The van der Waals surface area contributed by atoms with Crippen molar-refractivity contribution in [1.82, 2.24) is 0 Å². The molecule has 0 saturated carbocycles. The van der Waals surface area contributed by atoms with Crippen molar-refractivity contribution in [3.05, 3.63) is 12.2 Å². The molecule has 1 atom stereocenters. The van der Waals surface area contributed by atoms with Crippen LogP contribution in [0.15, 0.2) is 12.2 Å². The second kappa shape index (κ2) is 2.66. The Hall–Kier alpha value is -0.260. The topological polar surface area (TPSA) is 0 Å². The molecule has 0 fully saturated rings. The molecule has 0 aromatic rings. The highest BCUT2D eigenvalue weighted by Crippen LogP contribution is 2.50. The Morgan fingerprint density at radius 1 is 1.27 bits per heavy atom. The van der Waals surface area contributed by atoms with Crippen LogP contribution in [-0.2, 0) is 0 Å². The first-order valence-electron chi connectivity index (χ1n) is 4.69. The molecule has 0 radical (unpaired) electrons. The summed E-state index contributed by atoms with van der Waals surface area (Å²) in [5, 5.41) is 0. The van der Waals surface area contributed by atoms with Gasteiger partial charge in [0, 0.05) is 0 Å². The third-order valence-electron chi connectivity index (χ3n) is 3.43. The van der Waals surface area contributed by atoms with Crippen molar-refractivity contribution >= 4 is 0 Å². The van der Waals surface area contributed by atoms with Gasteiger partial charge in [-0.05, 0) is 23.7 Å². The van der Waals surface area contributed by atoms with Gasteiger partial charge in [0.1, 0.15) is 0 Å². The molecule has 0 spiro atoms. The third kappa shape index (κ3) is 1.36. The summed E-state index contributed by atoms with van der Waals surface area (Å²) in [4.78, 5) is 0. The van der Waals surface area contributed by atoms with E-state index < -0.39 is 0 Å². The second-order valence-corrected chi connectivity index (χ2v) is 4.66. The van der Waals surface area contributed by atoms with E-state index in [1.165, 1.54) is 19.3 Å². The van der Waals surface area contributed by atoms with Crippen molar-refractivity contribution in [2.45, 2.75) is 47.0 Å². The molecule has 0 bridgehead atoms. The van der Waals surface area contributed by atoms with E-state index in [0.717, 1.165) is 0 Å². The van der Waals surface area contributed by atoms with Gasteiger partial charge in [0.2, 0.25) is 0 Å². The Morgan fingerprint density at radius 2 is 1.91 bits per heavy atom. The zero-order valence-corrected chi connectivity index (χ0v) is 8.28. The fraction of sp³-hybridized carbons (Fsp3) is 0.818. The first-order chi connectivity index (χ1) is 5.02. The summed E-state index contributed by atoms with van der Waals surface area (Å²) in [7, 11) is 0. The van der Waals surface area contributed by atoms with Crippen molar-refractivity contribution < 1.29 is 0 Å². The summed E-state index contributed by atoms with van der Waals surface area (Å²) >= 11 is 0. The van der Waals surface area contributed by atoms with Gasteiger partial charge in [-0.3, -0.25) is 0 Å². The van der Waals surface area contributed by atoms with Gasteiger partial charge in [-0.15, -0.1) is 0 Å². The van der Waals surface area contributed by atoms with Gasteiger partial charge in [-0.1, -0.05) is 46.3 Å². The van der Waals surface area contributed by atoms with E-state index >= 15 is 0 Å². The number of hydrogen-bond acceptors (Lipinski definition) is 0. The van der Waals surface area contributed by atoms with E-state index in [1.807, 2.05) is 0 Å². The molecule has 0 heteroatoms. The third-order valence-corrected chi connectivity index (χ3v) is 3.43. The highest BCUT2D eigenvalue weighted by molar-refractivity contribution is 5.13. The molecule has 0 nitrogen and oxygen atoms in total. The molecule has 1 aliphatic rings. The van der Waals surface area contributed by atoms with Crippen molar-refractivity contribution in [3.8, 4) is 0 Å². The van der Waals surface area contributed by atoms with Gasteiger partial charge in [0.25, 0.3) is 0 Å². The highest BCUT2D eigenvalue weighted by Gasteiger charge is 2.40. The van der Waals surface area contributed by atoms with Gasteiger partial charge in [0.05, 0.1) is 0 Å².